The first-order chi connectivity index (χ1) is 14.9. The summed E-state index contributed by atoms with van der Waals surface area (Å²) in [6.07, 6.45) is 2.84. The van der Waals surface area contributed by atoms with Crippen LogP contribution in [0.4, 0.5) is 0 Å². The molecule has 5 rings (SSSR count). The Labute approximate surface area is 189 Å². The minimum absolute atomic E-state index is 0.160. The lowest BCUT2D eigenvalue weighted by Gasteiger charge is -2.35. The molecule has 0 radical (unpaired) electrons. The zero-order valence-corrected chi connectivity index (χ0v) is 19.1. The van der Waals surface area contributed by atoms with Crippen molar-refractivity contribution in [3.63, 3.8) is 0 Å². The third-order valence-electron chi connectivity index (χ3n) is 6.01. The number of hydrogen-bond donors (Lipinski definition) is 1. The first-order valence-corrected chi connectivity index (χ1v) is 11.4. The Morgan fingerprint density at radius 2 is 1.94 bits per heavy atom. The number of Topliss-reactive ketones (excluding diaryl/α,β-unsaturated/α-hetero) is 1. The number of ketones is 1. The molecule has 0 saturated carbocycles. The van der Waals surface area contributed by atoms with E-state index < -0.39 is 0 Å². The number of fused-ring (bicyclic) bond motifs is 2. The molecular weight excluding hydrogens is 458 g/mol. The molecule has 3 aromatic rings. The average Bonchev–Trinajstić information content (AvgIpc) is 3.24. The highest BCUT2D eigenvalue weighted by molar-refractivity contribution is 9.10. The predicted molar refractivity (Wildman–Crippen MR) is 123 cm³/mol. The number of benzene rings is 2. The molecule has 1 saturated heterocycles. The van der Waals surface area contributed by atoms with Crippen LogP contribution in [0.25, 0.3) is 17.0 Å². The maximum Gasteiger partial charge on any atom is 0.232 e. The van der Waals surface area contributed by atoms with Gasteiger partial charge in [0.2, 0.25) is 5.78 Å². The van der Waals surface area contributed by atoms with E-state index in [9.17, 15) is 9.90 Å². The van der Waals surface area contributed by atoms with E-state index in [1.165, 1.54) is 6.42 Å². The number of carbonyl (C=O) groups excluding carboxylic acids is 1. The second-order valence-electron chi connectivity index (χ2n) is 8.85. The van der Waals surface area contributed by atoms with E-state index in [1.807, 2.05) is 24.3 Å². The van der Waals surface area contributed by atoms with Crippen molar-refractivity contribution in [2.75, 3.05) is 13.1 Å². The van der Waals surface area contributed by atoms with Crippen molar-refractivity contribution in [2.45, 2.75) is 26.8 Å². The number of hydrogen-bond acceptors (Lipinski definition) is 5. The smallest absolute Gasteiger partial charge is 0.232 e. The van der Waals surface area contributed by atoms with Gasteiger partial charge in [0, 0.05) is 35.6 Å². The number of aromatic hydroxyl groups is 1. The Bertz CT molecular complexity index is 1200. The second-order valence-corrected chi connectivity index (χ2v) is 9.77. The summed E-state index contributed by atoms with van der Waals surface area (Å²) in [5.41, 5.74) is 1.89. The molecule has 3 heterocycles. The normalized spacial score (nSPS) is 22.8. The van der Waals surface area contributed by atoms with E-state index >= 15 is 0 Å². The number of halogens is 1. The standard InChI is InChI=1S/C25H24BrNO4/c1-14-7-15(2)12-27(11-14)13-20-21(28)5-4-19-24(29)23(31-25(19)20)10-18-9-16-8-17(26)3-6-22(16)30-18/h3-6,8-10,14-15,28H,7,11-13H2,1-2H3/t14-,15-/m0/s1. The highest BCUT2D eigenvalue weighted by Gasteiger charge is 2.33. The van der Waals surface area contributed by atoms with Crippen molar-refractivity contribution in [3.05, 3.63) is 63.5 Å². The van der Waals surface area contributed by atoms with Gasteiger partial charge in [0.25, 0.3) is 0 Å². The first kappa shape index (κ1) is 20.3. The van der Waals surface area contributed by atoms with Gasteiger partial charge in [-0.1, -0.05) is 29.8 Å². The number of likely N-dealkylation sites (tertiary alicyclic amines) is 1. The van der Waals surface area contributed by atoms with E-state index in [2.05, 4.69) is 34.7 Å². The number of phenolic OH excluding ortho intramolecular Hbond substituents is 1. The maximum absolute atomic E-state index is 13.0. The fourth-order valence-corrected chi connectivity index (χ4v) is 5.21. The molecular formula is C25H24BrNO4. The zero-order valence-electron chi connectivity index (χ0n) is 17.5. The molecule has 2 aliphatic rings. The van der Waals surface area contributed by atoms with Crippen molar-refractivity contribution in [1.29, 1.82) is 0 Å². The van der Waals surface area contributed by atoms with E-state index in [1.54, 1.807) is 18.2 Å². The van der Waals surface area contributed by atoms with Crippen molar-refractivity contribution in [1.82, 2.24) is 4.90 Å². The van der Waals surface area contributed by atoms with Crippen molar-refractivity contribution in [3.8, 4) is 11.5 Å². The molecule has 2 atom stereocenters. The number of piperidine rings is 1. The van der Waals surface area contributed by atoms with Crippen LogP contribution in [-0.2, 0) is 6.54 Å². The summed E-state index contributed by atoms with van der Waals surface area (Å²) in [6.45, 7) is 7.01. The Kier molecular flexibility index (Phi) is 5.15. The molecule has 0 bridgehead atoms. The Hall–Kier alpha value is -2.57. The number of carbonyl (C=O) groups is 1. The van der Waals surface area contributed by atoms with Crippen molar-refractivity contribution < 1.29 is 19.1 Å². The second kappa shape index (κ2) is 7.84. The number of phenols is 1. The van der Waals surface area contributed by atoms with Crippen LogP contribution in [0.15, 0.2) is 51.0 Å². The van der Waals surface area contributed by atoms with Crippen LogP contribution in [0.1, 0.15) is 41.9 Å². The van der Waals surface area contributed by atoms with Gasteiger partial charge in [0.1, 0.15) is 22.8 Å². The molecule has 6 heteroatoms. The van der Waals surface area contributed by atoms with Gasteiger partial charge in [-0.3, -0.25) is 9.69 Å². The van der Waals surface area contributed by atoms with Gasteiger partial charge in [-0.2, -0.15) is 0 Å². The summed E-state index contributed by atoms with van der Waals surface area (Å²) in [4.78, 5) is 15.3. The Morgan fingerprint density at radius 3 is 2.71 bits per heavy atom. The third kappa shape index (κ3) is 3.90. The van der Waals surface area contributed by atoms with Crippen molar-refractivity contribution >= 4 is 38.8 Å². The van der Waals surface area contributed by atoms with Gasteiger partial charge < -0.3 is 14.3 Å². The molecule has 2 aliphatic heterocycles. The van der Waals surface area contributed by atoms with Gasteiger partial charge in [0.05, 0.1) is 11.1 Å². The van der Waals surface area contributed by atoms with E-state index in [-0.39, 0.29) is 17.3 Å². The number of nitrogens with zero attached hydrogens (tertiary/aromatic N) is 1. The van der Waals surface area contributed by atoms with Crippen LogP contribution in [0.3, 0.4) is 0 Å². The number of rotatable bonds is 3. The van der Waals surface area contributed by atoms with Crippen LogP contribution >= 0.6 is 15.9 Å². The van der Waals surface area contributed by atoms with Crippen LogP contribution in [0.5, 0.6) is 11.5 Å². The highest BCUT2D eigenvalue weighted by Crippen LogP contribution is 2.41. The summed E-state index contributed by atoms with van der Waals surface area (Å²) in [6, 6.07) is 10.9. The molecule has 2 aromatic carbocycles. The molecule has 1 aromatic heterocycles. The lowest BCUT2D eigenvalue weighted by atomic mass is 9.91. The minimum atomic E-state index is -0.196. The molecule has 1 N–H and O–H groups in total. The van der Waals surface area contributed by atoms with Gasteiger partial charge >= 0.3 is 0 Å². The van der Waals surface area contributed by atoms with E-state index in [0.29, 0.717) is 41.0 Å². The van der Waals surface area contributed by atoms with Gasteiger partial charge in [0.15, 0.2) is 5.76 Å². The molecule has 0 spiro atoms. The number of ether oxygens (including phenoxy) is 1. The Morgan fingerprint density at radius 1 is 1.16 bits per heavy atom. The Balaban J connectivity index is 1.46. The van der Waals surface area contributed by atoms with Crippen molar-refractivity contribution in [2.24, 2.45) is 11.8 Å². The summed E-state index contributed by atoms with van der Waals surface area (Å²) < 4.78 is 12.8. The van der Waals surface area contributed by atoms with Gasteiger partial charge in [-0.15, -0.1) is 0 Å². The fourth-order valence-electron chi connectivity index (χ4n) is 4.83. The van der Waals surface area contributed by atoms with Crippen LogP contribution in [-0.4, -0.2) is 28.9 Å². The predicted octanol–water partition coefficient (Wildman–Crippen LogP) is 6.00. The summed E-state index contributed by atoms with van der Waals surface area (Å²) in [5, 5.41) is 11.5. The summed E-state index contributed by atoms with van der Waals surface area (Å²) in [5.74, 6) is 2.39. The maximum atomic E-state index is 13.0. The monoisotopic (exact) mass is 481 g/mol. The number of allylic oxidation sites excluding steroid dienone is 1. The van der Waals surface area contributed by atoms with Gasteiger partial charge in [-0.25, -0.2) is 0 Å². The topological polar surface area (TPSA) is 62.9 Å². The van der Waals surface area contributed by atoms with Crippen LogP contribution < -0.4 is 4.74 Å². The lowest BCUT2D eigenvalue weighted by Crippen LogP contribution is -2.38. The zero-order chi connectivity index (χ0) is 21.7. The fraction of sp³-hybridized carbons (Fsp3) is 0.320. The van der Waals surface area contributed by atoms with Crippen LogP contribution in [0, 0.1) is 11.8 Å². The third-order valence-corrected chi connectivity index (χ3v) is 6.51. The summed E-state index contributed by atoms with van der Waals surface area (Å²) >= 11 is 3.46. The van der Waals surface area contributed by atoms with Gasteiger partial charge in [-0.05, 0) is 54.7 Å². The molecule has 0 unspecified atom stereocenters. The van der Waals surface area contributed by atoms with Crippen LogP contribution in [0.2, 0.25) is 0 Å². The SMILES string of the molecule is C[C@H]1C[C@H](C)CN(Cc2c(O)ccc3c2OC(=Cc2cc4cc(Br)ccc4o2)C3=O)C1. The first-order valence-electron chi connectivity index (χ1n) is 10.6. The van der Waals surface area contributed by atoms with E-state index in [0.717, 1.165) is 28.5 Å². The summed E-state index contributed by atoms with van der Waals surface area (Å²) in [7, 11) is 0. The average molecular weight is 482 g/mol. The quantitative estimate of drug-likeness (QED) is 0.465. The molecule has 160 valence electrons. The number of furan rings is 1. The lowest BCUT2D eigenvalue weighted by molar-refractivity contribution is 0.101. The molecule has 5 nitrogen and oxygen atoms in total. The minimum Gasteiger partial charge on any atom is -0.507 e. The van der Waals surface area contributed by atoms with E-state index in [4.69, 9.17) is 9.15 Å². The highest BCUT2D eigenvalue weighted by atomic mass is 79.9. The molecule has 0 amide bonds. The molecule has 0 aliphatic carbocycles. The molecule has 1 fully saturated rings. The molecule has 31 heavy (non-hydrogen) atoms. The largest absolute Gasteiger partial charge is 0.507 e.